The van der Waals surface area contributed by atoms with Crippen molar-refractivity contribution in [2.75, 3.05) is 0 Å². The smallest absolute Gasteiger partial charge is 0.106 e. The summed E-state index contributed by atoms with van der Waals surface area (Å²) in [5.41, 5.74) is 1.87. The average Bonchev–Trinajstić information content (AvgIpc) is 2.73. The molecule has 86 valence electrons. The molecule has 0 saturated carbocycles. The molecule has 0 spiro atoms. The fourth-order valence-electron chi connectivity index (χ4n) is 1.75. The van der Waals surface area contributed by atoms with Gasteiger partial charge in [-0.1, -0.05) is 0 Å². The maximum absolute atomic E-state index is 10.1. The summed E-state index contributed by atoms with van der Waals surface area (Å²) < 4.78 is 5.40. The van der Waals surface area contributed by atoms with Crippen molar-refractivity contribution >= 4 is 11.3 Å². The monoisotopic (exact) mass is 237 g/mol. The Morgan fingerprint density at radius 1 is 1.44 bits per heavy atom. The predicted molar refractivity (Wildman–Crippen MR) is 63.7 cm³/mol. The molecule has 1 unspecified atom stereocenters. The first-order valence-corrected chi connectivity index (χ1v) is 6.10. The lowest BCUT2D eigenvalue weighted by Gasteiger charge is -2.06. The number of thiazole rings is 1. The molecule has 0 aliphatic heterocycles. The topological polar surface area (TPSA) is 46.3 Å². The van der Waals surface area contributed by atoms with Crippen LogP contribution in [-0.2, 0) is 6.42 Å². The van der Waals surface area contributed by atoms with E-state index >= 15 is 0 Å². The number of aryl methyl sites for hydroxylation is 3. The number of hydrogen-bond donors (Lipinski definition) is 1. The van der Waals surface area contributed by atoms with Crippen LogP contribution < -0.4 is 0 Å². The van der Waals surface area contributed by atoms with E-state index in [1.54, 1.807) is 11.3 Å². The van der Waals surface area contributed by atoms with E-state index < -0.39 is 6.10 Å². The van der Waals surface area contributed by atoms with Crippen molar-refractivity contribution in [3.63, 3.8) is 0 Å². The predicted octanol–water partition coefficient (Wildman–Crippen LogP) is 2.94. The zero-order valence-electron chi connectivity index (χ0n) is 9.65. The van der Waals surface area contributed by atoms with Crippen LogP contribution in [0.4, 0.5) is 0 Å². The molecule has 2 aromatic rings. The minimum Gasteiger partial charge on any atom is -0.466 e. The fraction of sp³-hybridized carbons (Fsp3) is 0.417. The van der Waals surface area contributed by atoms with Crippen molar-refractivity contribution < 1.29 is 9.52 Å². The molecular weight excluding hydrogens is 222 g/mol. The zero-order valence-corrected chi connectivity index (χ0v) is 10.5. The lowest BCUT2D eigenvalue weighted by molar-refractivity contribution is 0.176. The zero-order chi connectivity index (χ0) is 11.7. The quantitative estimate of drug-likeness (QED) is 0.892. The first-order valence-electron chi connectivity index (χ1n) is 5.22. The van der Waals surface area contributed by atoms with E-state index in [1.165, 1.54) is 0 Å². The second-order valence-electron chi connectivity index (χ2n) is 3.97. The maximum Gasteiger partial charge on any atom is 0.106 e. The molecule has 0 saturated heterocycles. The Labute approximate surface area is 98.8 Å². The standard InChI is InChI=1S/C12H15NO2S/c1-7-6-16-12(13-7)5-11(14)10-4-8(2)15-9(10)3/h4,6,11,14H,5H2,1-3H3. The van der Waals surface area contributed by atoms with Crippen LogP contribution in [0.1, 0.15) is 33.9 Å². The van der Waals surface area contributed by atoms with E-state index in [2.05, 4.69) is 4.98 Å². The molecule has 0 aliphatic carbocycles. The molecule has 0 bridgehead atoms. The third-order valence-corrected chi connectivity index (χ3v) is 3.46. The largest absolute Gasteiger partial charge is 0.466 e. The molecule has 3 nitrogen and oxygen atoms in total. The normalized spacial score (nSPS) is 13.0. The highest BCUT2D eigenvalue weighted by Crippen LogP contribution is 2.25. The third-order valence-electron chi connectivity index (χ3n) is 2.47. The van der Waals surface area contributed by atoms with Crippen LogP contribution in [0.15, 0.2) is 15.9 Å². The second-order valence-corrected chi connectivity index (χ2v) is 4.91. The van der Waals surface area contributed by atoms with Gasteiger partial charge < -0.3 is 9.52 Å². The molecule has 1 N–H and O–H groups in total. The van der Waals surface area contributed by atoms with Gasteiger partial charge in [0.2, 0.25) is 0 Å². The van der Waals surface area contributed by atoms with Crippen molar-refractivity contribution in [2.45, 2.75) is 33.3 Å². The lowest BCUT2D eigenvalue weighted by Crippen LogP contribution is -2.01. The van der Waals surface area contributed by atoms with Crippen LogP contribution in [0.2, 0.25) is 0 Å². The average molecular weight is 237 g/mol. The lowest BCUT2D eigenvalue weighted by atomic mass is 10.1. The van der Waals surface area contributed by atoms with Crippen molar-refractivity contribution in [3.05, 3.63) is 39.2 Å². The van der Waals surface area contributed by atoms with Crippen LogP contribution in [0.3, 0.4) is 0 Å². The van der Waals surface area contributed by atoms with Crippen LogP contribution in [0.5, 0.6) is 0 Å². The SMILES string of the molecule is Cc1csc(CC(O)c2cc(C)oc2C)n1. The highest BCUT2D eigenvalue weighted by atomic mass is 32.1. The van der Waals surface area contributed by atoms with Gasteiger partial charge in [-0.2, -0.15) is 0 Å². The molecular formula is C12H15NO2S. The van der Waals surface area contributed by atoms with E-state index in [9.17, 15) is 5.11 Å². The summed E-state index contributed by atoms with van der Waals surface area (Å²) in [5, 5.41) is 13.0. The molecule has 0 fully saturated rings. The van der Waals surface area contributed by atoms with E-state index in [0.717, 1.165) is 27.8 Å². The number of aliphatic hydroxyl groups is 1. The summed E-state index contributed by atoms with van der Waals surface area (Å²) in [6, 6.07) is 1.89. The summed E-state index contributed by atoms with van der Waals surface area (Å²) in [6.45, 7) is 5.72. The molecule has 0 radical (unpaired) electrons. The fourth-order valence-corrected chi connectivity index (χ4v) is 2.56. The Kier molecular flexibility index (Phi) is 3.12. The van der Waals surface area contributed by atoms with Gasteiger partial charge in [-0.15, -0.1) is 11.3 Å². The van der Waals surface area contributed by atoms with Crippen molar-refractivity contribution in [1.29, 1.82) is 0 Å². The van der Waals surface area contributed by atoms with Crippen molar-refractivity contribution in [2.24, 2.45) is 0 Å². The Bertz CT molecular complexity index is 487. The molecule has 2 aromatic heterocycles. The first-order chi connectivity index (χ1) is 7.56. The number of rotatable bonds is 3. The Balaban J connectivity index is 2.14. The van der Waals surface area contributed by atoms with Gasteiger partial charge in [0.05, 0.1) is 11.1 Å². The summed E-state index contributed by atoms with van der Waals surface area (Å²) in [4.78, 5) is 4.34. The van der Waals surface area contributed by atoms with Gasteiger partial charge in [-0.25, -0.2) is 4.98 Å². The molecule has 2 heterocycles. The van der Waals surface area contributed by atoms with E-state index in [1.807, 2.05) is 32.2 Å². The Morgan fingerprint density at radius 2 is 2.19 bits per heavy atom. The summed E-state index contributed by atoms with van der Waals surface area (Å²) in [5.74, 6) is 1.63. The van der Waals surface area contributed by atoms with Crippen LogP contribution in [0, 0.1) is 20.8 Å². The van der Waals surface area contributed by atoms with Crippen molar-refractivity contribution in [1.82, 2.24) is 4.98 Å². The van der Waals surface area contributed by atoms with Crippen LogP contribution in [0.25, 0.3) is 0 Å². The molecule has 1 atom stereocenters. The van der Waals surface area contributed by atoms with Gasteiger partial charge in [0, 0.05) is 23.1 Å². The van der Waals surface area contributed by atoms with E-state index in [-0.39, 0.29) is 0 Å². The maximum atomic E-state index is 10.1. The van der Waals surface area contributed by atoms with Gasteiger partial charge in [0.15, 0.2) is 0 Å². The molecule has 4 heteroatoms. The Hall–Kier alpha value is -1.13. The number of furan rings is 1. The van der Waals surface area contributed by atoms with Gasteiger partial charge in [0.1, 0.15) is 11.5 Å². The number of aliphatic hydroxyl groups excluding tert-OH is 1. The first kappa shape index (κ1) is 11.4. The van der Waals surface area contributed by atoms with Crippen LogP contribution in [-0.4, -0.2) is 10.1 Å². The van der Waals surface area contributed by atoms with Gasteiger partial charge in [0.25, 0.3) is 0 Å². The molecule has 16 heavy (non-hydrogen) atoms. The van der Waals surface area contributed by atoms with Crippen LogP contribution >= 0.6 is 11.3 Å². The van der Waals surface area contributed by atoms with E-state index in [4.69, 9.17) is 4.42 Å². The molecule has 0 aliphatic rings. The molecule has 2 rings (SSSR count). The van der Waals surface area contributed by atoms with E-state index in [0.29, 0.717) is 6.42 Å². The molecule has 0 aromatic carbocycles. The second kappa shape index (κ2) is 4.39. The summed E-state index contributed by atoms with van der Waals surface area (Å²) >= 11 is 1.58. The van der Waals surface area contributed by atoms with Crippen molar-refractivity contribution in [3.8, 4) is 0 Å². The third kappa shape index (κ3) is 2.33. The highest BCUT2D eigenvalue weighted by Gasteiger charge is 2.16. The Morgan fingerprint density at radius 3 is 2.69 bits per heavy atom. The number of aromatic nitrogens is 1. The summed E-state index contributed by atoms with van der Waals surface area (Å²) in [7, 11) is 0. The highest BCUT2D eigenvalue weighted by molar-refractivity contribution is 7.09. The van der Waals surface area contributed by atoms with Gasteiger partial charge in [-0.3, -0.25) is 0 Å². The minimum absolute atomic E-state index is 0.525. The molecule has 0 amide bonds. The summed E-state index contributed by atoms with van der Waals surface area (Å²) in [6.07, 6.45) is 0.0289. The number of hydrogen-bond acceptors (Lipinski definition) is 4. The van der Waals surface area contributed by atoms with Gasteiger partial charge >= 0.3 is 0 Å². The van der Waals surface area contributed by atoms with Gasteiger partial charge in [-0.05, 0) is 26.8 Å². The number of nitrogens with zero attached hydrogens (tertiary/aromatic N) is 1. The minimum atomic E-state index is -0.525.